The van der Waals surface area contributed by atoms with Crippen LogP contribution < -0.4 is 0 Å². The summed E-state index contributed by atoms with van der Waals surface area (Å²) in [6, 6.07) is 2.38. The van der Waals surface area contributed by atoms with Crippen molar-refractivity contribution in [3.05, 3.63) is 35.1 Å². The van der Waals surface area contributed by atoms with Crippen LogP contribution in [0.5, 0.6) is 0 Å². The maximum atomic E-state index is 13.6. The minimum atomic E-state index is -1.35. The van der Waals surface area contributed by atoms with Crippen molar-refractivity contribution in [1.82, 2.24) is 0 Å². The molecule has 146 valence electrons. The molecule has 0 aromatic heterocycles. The molecule has 1 aromatic rings. The van der Waals surface area contributed by atoms with E-state index in [1.54, 1.807) is 0 Å². The molecule has 0 aliphatic heterocycles. The van der Waals surface area contributed by atoms with Crippen molar-refractivity contribution in [1.29, 1.82) is 0 Å². The van der Waals surface area contributed by atoms with Crippen LogP contribution in [0.3, 0.4) is 0 Å². The Labute approximate surface area is 156 Å². The SMILES string of the molecule is CCCC1CCC(CCc2cc(F)c(F)c(F)c2)(C2CCCCC2)CC1. The van der Waals surface area contributed by atoms with Crippen LogP contribution in [0.25, 0.3) is 0 Å². The average Bonchev–Trinajstić information content (AvgIpc) is 2.66. The first-order valence-corrected chi connectivity index (χ1v) is 10.7. The Hall–Kier alpha value is -0.990. The van der Waals surface area contributed by atoms with Gasteiger partial charge in [0.05, 0.1) is 0 Å². The third-order valence-electron chi connectivity index (χ3n) is 7.22. The Morgan fingerprint density at radius 1 is 0.923 bits per heavy atom. The maximum Gasteiger partial charge on any atom is 0.194 e. The first kappa shape index (κ1) is 19.8. The molecule has 0 spiro atoms. The van der Waals surface area contributed by atoms with Crippen molar-refractivity contribution >= 4 is 0 Å². The summed E-state index contributed by atoms with van der Waals surface area (Å²) in [5, 5.41) is 0. The predicted molar refractivity (Wildman–Crippen MR) is 101 cm³/mol. The minimum Gasteiger partial charge on any atom is -0.204 e. The van der Waals surface area contributed by atoms with E-state index in [1.165, 1.54) is 82.8 Å². The maximum absolute atomic E-state index is 13.6. The molecule has 0 amide bonds. The van der Waals surface area contributed by atoms with Crippen LogP contribution >= 0.6 is 0 Å². The Morgan fingerprint density at radius 3 is 2.12 bits per heavy atom. The second-order valence-corrected chi connectivity index (χ2v) is 8.80. The molecule has 0 atom stereocenters. The van der Waals surface area contributed by atoms with Gasteiger partial charge < -0.3 is 0 Å². The number of aryl methyl sites for hydroxylation is 1. The van der Waals surface area contributed by atoms with Crippen LogP contribution in [0.1, 0.15) is 89.5 Å². The van der Waals surface area contributed by atoms with Crippen LogP contribution in [0.15, 0.2) is 12.1 Å². The summed E-state index contributed by atoms with van der Waals surface area (Å²) < 4.78 is 40.4. The summed E-state index contributed by atoms with van der Waals surface area (Å²) in [7, 11) is 0. The van der Waals surface area contributed by atoms with Gasteiger partial charge in [-0.25, -0.2) is 13.2 Å². The van der Waals surface area contributed by atoms with Crippen LogP contribution in [-0.2, 0) is 6.42 Å². The highest BCUT2D eigenvalue weighted by atomic mass is 19.2. The van der Waals surface area contributed by atoms with Crippen molar-refractivity contribution in [2.45, 2.75) is 90.4 Å². The summed E-state index contributed by atoms with van der Waals surface area (Å²) >= 11 is 0. The summed E-state index contributed by atoms with van der Waals surface area (Å²) in [6.45, 7) is 2.26. The fraction of sp³-hybridized carbons (Fsp3) is 0.739. The molecule has 0 heterocycles. The molecular weight excluding hydrogens is 333 g/mol. The van der Waals surface area contributed by atoms with Gasteiger partial charge in [0.15, 0.2) is 17.5 Å². The standard InChI is InChI=1S/C23H33F3/c1-2-6-17-9-12-23(13-10-17,19-7-4-3-5-8-19)14-11-18-15-20(24)22(26)21(25)16-18/h15-17,19H,2-14H2,1H3. The van der Waals surface area contributed by atoms with E-state index >= 15 is 0 Å². The Morgan fingerprint density at radius 2 is 1.54 bits per heavy atom. The largest absolute Gasteiger partial charge is 0.204 e. The molecule has 2 saturated carbocycles. The smallest absolute Gasteiger partial charge is 0.194 e. The Balaban J connectivity index is 1.72. The Kier molecular flexibility index (Phi) is 6.69. The highest BCUT2D eigenvalue weighted by Gasteiger charge is 2.41. The molecule has 0 N–H and O–H groups in total. The number of halogens is 3. The van der Waals surface area contributed by atoms with Gasteiger partial charge in [-0.2, -0.15) is 0 Å². The molecule has 1 aromatic carbocycles. The molecule has 0 nitrogen and oxygen atoms in total. The van der Waals surface area contributed by atoms with Crippen molar-refractivity contribution in [2.75, 3.05) is 0 Å². The van der Waals surface area contributed by atoms with Crippen LogP contribution in [0, 0.1) is 34.7 Å². The van der Waals surface area contributed by atoms with Crippen molar-refractivity contribution in [2.24, 2.45) is 17.3 Å². The topological polar surface area (TPSA) is 0 Å². The van der Waals surface area contributed by atoms with E-state index in [0.717, 1.165) is 18.3 Å². The van der Waals surface area contributed by atoms with Crippen molar-refractivity contribution in [3.8, 4) is 0 Å². The number of rotatable bonds is 6. The normalized spacial score (nSPS) is 27.6. The lowest BCUT2D eigenvalue weighted by atomic mass is 9.58. The van der Waals surface area contributed by atoms with Gasteiger partial charge in [-0.05, 0) is 86.3 Å². The van der Waals surface area contributed by atoms with E-state index in [4.69, 9.17) is 0 Å². The molecule has 0 saturated heterocycles. The lowest BCUT2D eigenvalue weighted by molar-refractivity contribution is 0.0382. The van der Waals surface area contributed by atoms with E-state index in [9.17, 15) is 13.2 Å². The van der Waals surface area contributed by atoms with Gasteiger partial charge in [0, 0.05) is 0 Å². The quantitative estimate of drug-likeness (QED) is 0.455. The molecule has 2 aliphatic rings. The first-order chi connectivity index (χ1) is 12.5. The minimum absolute atomic E-state index is 0.325. The summed E-state index contributed by atoms with van der Waals surface area (Å²) in [5.41, 5.74) is 0.929. The number of hydrogen-bond acceptors (Lipinski definition) is 0. The third-order valence-corrected chi connectivity index (χ3v) is 7.22. The molecule has 2 aliphatic carbocycles. The second kappa shape index (κ2) is 8.80. The summed E-state index contributed by atoms with van der Waals surface area (Å²) in [5.74, 6) is -1.85. The lowest BCUT2D eigenvalue weighted by Gasteiger charge is -2.47. The number of benzene rings is 1. The zero-order valence-electron chi connectivity index (χ0n) is 16.1. The zero-order valence-corrected chi connectivity index (χ0v) is 16.1. The summed E-state index contributed by atoms with van der Waals surface area (Å²) in [6.07, 6.45) is 16.0. The summed E-state index contributed by atoms with van der Waals surface area (Å²) in [4.78, 5) is 0. The molecule has 3 rings (SSSR count). The van der Waals surface area contributed by atoms with Crippen LogP contribution in [0.2, 0.25) is 0 Å². The Bertz CT molecular complexity index is 558. The van der Waals surface area contributed by atoms with E-state index in [1.807, 2.05) is 0 Å². The monoisotopic (exact) mass is 366 g/mol. The van der Waals surface area contributed by atoms with Crippen LogP contribution in [-0.4, -0.2) is 0 Å². The molecule has 0 bridgehead atoms. The van der Waals surface area contributed by atoms with E-state index < -0.39 is 17.5 Å². The van der Waals surface area contributed by atoms with Crippen molar-refractivity contribution in [3.63, 3.8) is 0 Å². The van der Waals surface area contributed by atoms with Crippen molar-refractivity contribution < 1.29 is 13.2 Å². The van der Waals surface area contributed by atoms with Gasteiger partial charge in [0.2, 0.25) is 0 Å². The molecule has 0 radical (unpaired) electrons. The fourth-order valence-corrected chi connectivity index (χ4v) is 5.67. The van der Waals surface area contributed by atoms with E-state index in [2.05, 4.69) is 6.92 Å². The molecule has 0 unspecified atom stereocenters. The third kappa shape index (κ3) is 4.46. The lowest BCUT2D eigenvalue weighted by Crippen LogP contribution is -2.37. The molecule has 3 heteroatoms. The van der Waals surface area contributed by atoms with Gasteiger partial charge in [-0.15, -0.1) is 0 Å². The van der Waals surface area contributed by atoms with Gasteiger partial charge >= 0.3 is 0 Å². The highest BCUT2D eigenvalue weighted by Crippen LogP contribution is 2.52. The van der Waals surface area contributed by atoms with E-state index in [0.29, 0.717) is 17.4 Å². The van der Waals surface area contributed by atoms with Gasteiger partial charge in [0.25, 0.3) is 0 Å². The average molecular weight is 367 g/mol. The highest BCUT2D eigenvalue weighted by molar-refractivity contribution is 5.20. The van der Waals surface area contributed by atoms with Gasteiger partial charge in [0.1, 0.15) is 0 Å². The van der Waals surface area contributed by atoms with Gasteiger partial charge in [-0.1, -0.05) is 39.0 Å². The fourth-order valence-electron chi connectivity index (χ4n) is 5.67. The van der Waals surface area contributed by atoms with Crippen LogP contribution in [0.4, 0.5) is 13.2 Å². The van der Waals surface area contributed by atoms with E-state index in [-0.39, 0.29) is 0 Å². The molecular formula is C23H33F3. The molecule has 26 heavy (non-hydrogen) atoms. The number of hydrogen-bond donors (Lipinski definition) is 0. The van der Waals surface area contributed by atoms with Gasteiger partial charge in [-0.3, -0.25) is 0 Å². The predicted octanol–water partition coefficient (Wildman–Crippen LogP) is 7.59. The first-order valence-electron chi connectivity index (χ1n) is 10.7. The second-order valence-electron chi connectivity index (χ2n) is 8.80. The molecule has 2 fully saturated rings. The zero-order chi connectivity index (χ0) is 18.6.